The van der Waals surface area contributed by atoms with Gasteiger partial charge in [0.1, 0.15) is 11.6 Å². The average Bonchev–Trinajstić information content (AvgIpc) is 2.83. The number of piperidine rings is 1. The van der Waals surface area contributed by atoms with Crippen molar-refractivity contribution in [1.29, 1.82) is 0 Å². The van der Waals surface area contributed by atoms with Gasteiger partial charge in [-0.1, -0.05) is 24.3 Å². The lowest BCUT2D eigenvalue weighted by molar-refractivity contribution is -0.0579. The third-order valence-electron chi connectivity index (χ3n) is 6.05. The highest BCUT2D eigenvalue weighted by Gasteiger charge is 2.39. The molecule has 0 aliphatic carbocycles. The molecule has 1 aliphatic heterocycles. The van der Waals surface area contributed by atoms with Crippen LogP contribution in [0.4, 0.5) is 28.9 Å². The molecule has 9 heteroatoms. The van der Waals surface area contributed by atoms with Crippen LogP contribution in [0.5, 0.6) is 5.75 Å². The lowest BCUT2D eigenvalue weighted by Gasteiger charge is -2.35. The SMILES string of the molecule is CN(C)Sc1ccc(N=C(c2ccccc2N2CCC(c3ccc(O)cc3F)CC2)C(F)(F)F)cc1. The van der Waals surface area contributed by atoms with Gasteiger partial charge in [0.05, 0.1) is 5.69 Å². The Labute approximate surface area is 212 Å². The Hall–Kier alpha value is -3.04. The van der Waals surface area contributed by atoms with E-state index in [-0.39, 0.29) is 22.9 Å². The zero-order chi connectivity index (χ0) is 25.9. The maximum Gasteiger partial charge on any atom is 0.434 e. The molecule has 0 bridgehead atoms. The lowest BCUT2D eigenvalue weighted by Crippen LogP contribution is -2.35. The Morgan fingerprint density at radius 1 is 1.00 bits per heavy atom. The molecule has 1 N–H and O–H groups in total. The number of alkyl halides is 3. The predicted molar refractivity (Wildman–Crippen MR) is 137 cm³/mol. The number of halogens is 4. The molecular formula is C27H27F4N3OS. The van der Waals surface area contributed by atoms with Gasteiger partial charge in [0.25, 0.3) is 0 Å². The average molecular weight is 518 g/mol. The minimum atomic E-state index is -4.65. The van der Waals surface area contributed by atoms with Crippen LogP contribution in [0.25, 0.3) is 0 Å². The first-order chi connectivity index (χ1) is 17.1. The fourth-order valence-corrected chi connectivity index (χ4v) is 5.11. The van der Waals surface area contributed by atoms with E-state index in [1.165, 1.54) is 24.1 Å². The molecule has 1 saturated heterocycles. The van der Waals surface area contributed by atoms with Gasteiger partial charge in [-0.25, -0.2) is 9.38 Å². The normalized spacial score (nSPS) is 15.5. The van der Waals surface area contributed by atoms with Crippen LogP contribution in [0.1, 0.15) is 29.9 Å². The van der Waals surface area contributed by atoms with Gasteiger partial charge < -0.3 is 10.0 Å². The molecule has 36 heavy (non-hydrogen) atoms. The maximum absolute atomic E-state index is 14.3. The number of phenolic OH excluding ortho intramolecular Hbond substituents is 1. The first-order valence-corrected chi connectivity index (χ1v) is 12.3. The Kier molecular flexibility index (Phi) is 7.90. The summed E-state index contributed by atoms with van der Waals surface area (Å²) >= 11 is 1.47. The molecule has 0 radical (unpaired) electrons. The van der Waals surface area contributed by atoms with Gasteiger partial charge >= 0.3 is 6.18 Å². The van der Waals surface area contributed by atoms with E-state index in [0.717, 1.165) is 11.0 Å². The van der Waals surface area contributed by atoms with Crippen LogP contribution >= 0.6 is 11.9 Å². The molecule has 0 aromatic heterocycles. The van der Waals surface area contributed by atoms with E-state index in [4.69, 9.17) is 0 Å². The zero-order valence-corrected chi connectivity index (χ0v) is 20.8. The lowest BCUT2D eigenvalue weighted by atomic mass is 9.88. The highest BCUT2D eigenvalue weighted by molar-refractivity contribution is 7.97. The van der Waals surface area contributed by atoms with Crippen molar-refractivity contribution in [2.45, 2.75) is 29.8 Å². The van der Waals surface area contributed by atoms with E-state index in [0.29, 0.717) is 37.2 Å². The summed E-state index contributed by atoms with van der Waals surface area (Å²) in [6.07, 6.45) is -3.49. The molecule has 0 spiro atoms. The maximum atomic E-state index is 14.3. The second-order valence-electron chi connectivity index (χ2n) is 8.84. The Balaban J connectivity index is 1.60. The second-order valence-corrected chi connectivity index (χ2v) is 10.2. The minimum absolute atomic E-state index is 0.0195. The van der Waals surface area contributed by atoms with Gasteiger partial charge in [0.15, 0.2) is 5.71 Å². The number of aliphatic imine (C=N–C) groups is 1. The minimum Gasteiger partial charge on any atom is -0.508 e. The number of nitrogens with zero attached hydrogens (tertiary/aromatic N) is 3. The number of aromatic hydroxyl groups is 1. The molecule has 0 amide bonds. The number of anilines is 1. The second kappa shape index (κ2) is 10.9. The molecule has 0 unspecified atom stereocenters. The molecule has 1 aliphatic rings. The Morgan fingerprint density at radius 2 is 1.67 bits per heavy atom. The van der Waals surface area contributed by atoms with Gasteiger partial charge in [0, 0.05) is 35.3 Å². The summed E-state index contributed by atoms with van der Waals surface area (Å²) in [4.78, 5) is 6.84. The van der Waals surface area contributed by atoms with Crippen LogP contribution in [-0.2, 0) is 0 Å². The van der Waals surface area contributed by atoms with Crippen molar-refractivity contribution < 1.29 is 22.7 Å². The van der Waals surface area contributed by atoms with Crippen molar-refractivity contribution in [3.05, 3.63) is 83.7 Å². The third-order valence-corrected chi connectivity index (χ3v) is 6.90. The standard InChI is InChI=1S/C27H27F4N3OS/c1-33(2)36-21-10-7-19(8-11-21)32-26(27(29,30)31)23-5-3-4-6-25(23)34-15-13-18(14-16-34)22-12-9-20(35)17-24(22)28/h3-12,17-18,35H,13-16H2,1-2H3. The summed E-state index contributed by atoms with van der Waals surface area (Å²) in [5.74, 6) is -0.661. The van der Waals surface area contributed by atoms with Crippen LogP contribution in [0.15, 0.2) is 76.6 Å². The number of para-hydroxylation sites is 1. The largest absolute Gasteiger partial charge is 0.508 e. The van der Waals surface area contributed by atoms with E-state index < -0.39 is 17.7 Å². The smallest absolute Gasteiger partial charge is 0.434 e. The molecule has 1 heterocycles. The molecular weight excluding hydrogens is 490 g/mol. The van der Waals surface area contributed by atoms with Gasteiger partial charge in [-0.3, -0.25) is 4.31 Å². The van der Waals surface area contributed by atoms with Crippen LogP contribution in [-0.4, -0.2) is 48.5 Å². The summed E-state index contributed by atoms with van der Waals surface area (Å²) in [7, 11) is 3.78. The molecule has 190 valence electrons. The van der Waals surface area contributed by atoms with Crippen LogP contribution in [0, 0.1) is 5.82 Å². The van der Waals surface area contributed by atoms with Crippen molar-refractivity contribution in [2.75, 3.05) is 32.1 Å². The molecule has 4 nitrogen and oxygen atoms in total. The molecule has 4 rings (SSSR count). The predicted octanol–water partition coefficient (Wildman–Crippen LogP) is 7.17. The van der Waals surface area contributed by atoms with Crippen molar-refractivity contribution in [3.8, 4) is 5.75 Å². The van der Waals surface area contributed by atoms with Crippen molar-refractivity contribution in [2.24, 2.45) is 4.99 Å². The van der Waals surface area contributed by atoms with Crippen LogP contribution in [0.3, 0.4) is 0 Å². The van der Waals surface area contributed by atoms with E-state index >= 15 is 0 Å². The van der Waals surface area contributed by atoms with Crippen LogP contribution < -0.4 is 4.90 Å². The number of phenols is 1. The fourth-order valence-electron chi connectivity index (χ4n) is 4.43. The molecule has 3 aromatic carbocycles. The number of rotatable bonds is 6. The first-order valence-electron chi connectivity index (χ1n) is 11.6. The molecule has 0 atom stereocenters. The van der Waals surface area contributed by atoms with E-state index in [1.807, 2.05) is 23.3 Å². The quantitative estimate of drug-likeness (QED) is 0.214. The summed E-state index contributed by atoms with van der Waals surface area (Å²) < 4.78 is 58.9. The molecule has 0 saturated carbocycles. The Bertz CT molecular complexity index is 1220. The highest BCUT2D eigenvalue weighted by Crippen LogP contribution is 2.36. The summed E-state index contributed by atoms with van der Waals surface area (Å²) in [5.41, 5.74) is 0.276. The van der Waals surface area contributed by atoms with Crippen LogP contribution in [0.2, 0.25) is 0 Å². The van der Waals surface area contributed by atoms with Gasteiger partial charge in [0.2, 0.25) is 0 Å². The van der Waals surface area contributed by atoms with Crippen molar-refractivity contribution >= 4 is 29.0 Å². The topological polar surface area (TPSA) is 39.1 Å². The highest BCUT2D eigenvalue weighted by atomic mass is 32.2. The zero-order valence-electron chi connectivity index (χ0n) is 20.0. The van der Waals surface area contributed by atoms with Crippen molar-refractivity contribution in [1.82, 2.24) is 4.31 Å². The Morgan fingerprint density at radius 3 is 2.28 bits per heavy atom. The van der Waals surface area contributed by atoms with E-state index in [9.17, 15) is 22.7 Å². The molecule has 1 fully saturated rings. The van der Waals surface area contributed by atoms with E-state index in [1.54, 1.807) is 48.5 Å². The summed E-state index contributed by atoms with van der Waals surface area (Å²) in [5, 5.41) is 9.47. The van der Waals surface area contributed by atoms with Gasteiger partial charge in [-0.05, 0) is 86.8 Å². The first kappa shape index (κ1) is 26.0. The number of hydrogen-bond acceptors (Lipinski definition) is 5. The monoisotopic (exact) mass is 517 g/mol. The van der Waals surface area contributed by atoms with Crippen molar-refractivity contribution in [3.63, 3.8) is 0 Å². The number of hydrogen-bond donors (Lipinski definition) is 1. The third kappa shape index (κ3) is 6.20. The molecule has 3 aromatic rings. The summed E-state index contributed by atoms with van der Waals surface area (Å²) in [6, 6.07) is 17.2. The number of benzene rings is 3. The van der Waals surface area contributed by atoms with E-state index in [2.05, 4.69) is 4.99 Å². The van der Waals surface area contributed by atoms with Gasteiger partial charge in [-0.2, -0.15) is 13.2 Å². The summed E-state index contributed by atoms with van der Waals surface area (Å²) in [6.45, 7) is 0.952. The fraction of sp³-hybridized carbons (Fsp3) is 0.296. The van der Waals surface area contributed by atoms with Gasteiger partial charge in [-0.15, -0.1) is 0 Å².